The van der Waals surface area contributed by atoms with Crippen molar-refractivity contribution in [1.82, 2.24) is 0 Å². The van der Waals surface area contributed by atoms with E-state index in [0.29, 0.717) is 17.2 Å². The maximum atomic E-state index is 12.3. The molecular formula is C20H26N3O4+. The summed E-state index contributed by atoms with van der Waals surface area (Å²) < 4.78 is 10.4. The summed E-state index contributed by atoms with van der Waals surface area (Å²) in [5.41, 5.74) is 2.42. The van der Waals surface area contributed by atoms with Gasteiger partial charge < -0.3 is 25.0 Å². The summed E-state index contributed by atoms with van der Waals surface area (Å²) in [5, 5.41) is 5.63. The Bertz CT molecular complexity index is 790. The molecule has 2 amide bonds. The number of anilines is 2. The Morgan fingerprint density at radius 2 is 1.56 bits per heavy atom. The van der Waals surface area contributed by atoms with Crippen LogP contribution in [0.2, 0.25) is 0 Å². The fraction of sp³-hybridized carbons (Fsp3) is 0.300. The average molecular weight is 372 g/mol. The molecule has 2 rings (SSSR count). The van der Waals surface area contributed by atoms with Crippen molar-refractivity contribution in [2.24, 2.45) is 0 Å². The van der Waals surface area contributed by atoms with Crippen LogP contribution in [0.15, 0.2) is 42.5 Å². The zero-order chi connectivity index (χ0) is 19.8. The number of rotatable bonds is 8. The molecular weight excluding hydrogens is 346 g/mol. The molecule has 27 heavy (non-hydrogen) atoms. The van der Waals surface area contributed by atoms with Crippen molar-refractivity contribution in [3.8, 4) is 11.5 Å². The molecule has 0 spiro atoms. The number of hydrogen-bond donors (Lipinski definition) is 3. The van der Waals surface area contributed by atoms with E-state index in [9.17, 15) is 9.59 Å². The molecule has 1 unspecified atom stereocenters. The van der Waals surface area contributed by atoms with Gasteiger partial charge in [0.05, 0.1) is 27.0 Å². The Morgan fingerprint density at radius 3 is 2.15 bits per heavy atom. The zero-order valence-electron chi connectivity index (χ0n) is 16.1. The lowest BCUT2D eigenvalue weighted by atomic mass is 10.2. The number of likely N-dealkylation sites (N-methyl/N-ethyl adjacent to an activating group) is 1. The van der Waals surface area contributed by atoms with Crippen LogP contribution in [0, 0.1) is 6.92 Å². The van der Waals surface area contributed by atoms with Crippen molar-refractivity contribution in [3.63, 3.8) is 0 Å². The summed E-state index contributed by atoms with van der Waals surface area (Å²) in [6.07, 6.45) is 0. The molecule has 0 saturated heterocycles. The number of carbonyl (C=O) groups is 2. The van der Waals surface area contributed by atoms with E-state index in [4.69, 9.17) is 9.47 Å². The van der Waals surface area contributed by atoms with Gasteiger partial charge in [-0.05, 0) is 31.2 Å². The molecule has 0 aliphatic carbocycles. The molecule has 0 aromatic heterocycles. The van der Waals surface area contributed by atoms with Gasteiger partial charge in [-0.1, -0.05) is 17.7 Å². The van der Waals surface area contributed by atoms with Gasteiger partial charge in [0.25, 0.3) is 11.8 Å². The monoisotopic (exact) mass is 372 g/mol. The number of hydrogen-bond acceptors (Lipinski definition) is 4. The molecule has 144 valence electrons. The number of quaternary nitrogens is 1. The van der Waals surface area contributed by atoms with Crippen LogP contribution < -0.4 is 25.0 Å². The Kier molecular flexibility index (Phi) is 7.19. The van der Waals surface area contributed by atoms with Gasteiger partial charge in [0.1, 0.15) is 11.5 Å². The Balaban J connectivity index is 1.86. The molecule has 7 nitrogen and oxygen atoms in total. The van der Waals surface area contributed by atoms with Gasteiger partial charge in [0.2, 0.25) is 0 Å². The van der Waals surface area contributed by atoms with E-state index in [-0.39, 0.29) is 24.9 Å². The van der Waals surface area contributed by atoms with Crippen LogP contribution in [0.3, 0.4) is 0 Å². The maximum absolute atomic E-state index is 12.3. The minimum absolute atomic E-state index is 0.147. The molecule has 7 heteroatoms. The molecule has 0 aliphatic rings. The van der Waals surface area contributed by atoms with Gasteiger partial charge in [-0.25, -0.2) is 0 Å². The second kappa shape index (κ2) is 9.59. The molecule has 0 aliphatic heterocycles. The van der Waals surface area contributed by atoms with Crippen LogP contribution in [0.5, 0.6) is 11.5 Å². The van der Waals surface area contributed by atoms with E-state index in [2.05, 4.69) is 10.6 Å². The van der Waals surface area contributed by atoms with Crippen molar-refractivity contribution < 1.29 is 24.0 Å². The van der Waals surface area contributed by atoms with Crippen molar-refractivity contribution in [3.05, 3.63) is 48.0 Å². The molecule has 0 radical (unpaired) electrons. The van der Waals surface area contributed by atoms with E-state index >= 15 is 0 Å². The predicted octanol–water partition coefficient (Wildman–Crippen LogP) is 1.10. The first-order valence-electron chi connectivity index (χ1n) is 8.61. The second-order valence-corrected chi connectivity index (χ2v) is 6.34. The van der Waals surface area contributed by atoms with Crippen molar-refractivity contribution in [1.29, 1.82) is 0 Å². The Morgan fingerprint density at radius 1 is 0.926 bits per heavy atom. The largest absolute Gasteiger partial charge is 0.497 e. The third kappa shape index (κ3) is 6.31. The first-order valence-corrected chi connectivity index (χ1v) is 8.61. The van der Waals surface area contributed by atoms with Crippen molar-refractivity contribution in [2.45, 2.75) is 6.92 Å². The van der Waals surface area contributed by atoms with Crippen LogP contribution in [0.1, 0.15) is 5.56 Å². The minimum atomic E-state index is -0.209. The van der Waals surface area contributed by atoms with Gasteiger partial charge in [0.15, 0.2) is 13.1 Å². The first kappa shape index (κ1) is 20.3. The molecule has 2 aromatic carbocycles. The lowest BCUT2D eigenvalue weighted by Gasteiger charge is -2.15. The summed E-state index contributed by atoms with van der Waals surface area (Å²) in [7, 11) is 4.88. The average Bonchev–Trinajstić information content (AvgIpc) is 2.63. The van der Waals surface area contributed by atoms with Crippen LogP contribution >= 0.6 is 0 Å². The standard InChI is InChI=1S/C20H25N3O4/c1-14-5-7-15(8-6-14)21-19(24)12-23(2)13-20(25)22-17-10-9-16(26-3)11-18(17)27-4/h5-11H,12-13H2,1-4H3,(H,21,24)(H,22,25)/p+1. The molecule has 0 saturated carbocycles. The third-order valence-electron chi connectivity index (χ3n) is 3.94. The van der Waals surface area contributed by atoms with E-state index in [1.54, 1.807) is 32.4 Å². The van der Waals surface area contributed by atoms with Crippen molar-refractivity contribution in [2.75, 3.05) is 45.0 Å². The fourth-order valence-electron chi connectivity index (χ4n) is 2.55. The topological polar surface area (TPSA) is 81.1 Å². The highest BCUT2D eigenvalue weighted by atomic mass is 16.5. The molecule has 3 N–H and O–H groups in total. The van der Waals surface area contributed by atoms with Crippen LogP contribution in [0.25, 0.3) is 0 Å². The van der Waals surface area contributed by atoms with Crippen LogP contribution in [0.4, 0.5) is 11.4 Å². The lowest BCUT2D eigenvalue weighted by Crippen LogP contribution is -3.11. The quantitative estimate of drug-likeness (QED) is 0.648. The summed E-state index contributed by atoms with van der Waals surface area (Å²) in [5.74, 6) is 0.795. The first-order chi connectivity index (χ1) is 12.9. The van der Waals surface area contributed by atoms with Gasteiger partial charge in [-0.15, -0.1) is 0 Å². The highest BCUT2D eigenvalue weighted by Crippen LogP contribution is 2.28. The van der Waals surface area contributed by atoms with Crippen LogP contribution in [-0.2, 0) is 9.59 Å². The number of amides is 2. The molecule has 0 bridgehead atoms. The number of carbonyl (C=O) groups excluding carboxylic acids is 2. The molecule has 2 aromatic rings. The highest BCUT2D eigenvalue weighted by molar-refractivity contribution is 5.94. The second-order valence-electron chi connectivity index (χ2n) is 6.34. The molecule has 0 fully saturated rings. The number of methoxy groups -OCH3 is 2. The number of aryl methyl sites for hydroxylation is 1. The summed E-state index contributed by atoms with van der Waals surface area (Å²) in [4.78, 5) is 25.2. The summed E-state index contributed by atoms with van der Waals surface area (Å²) in [6.45, 7) is 2.32. The fourth-order valence-corrected chi connectivity index (χ4v) is 2.55. The summed E-state index contributed by atoms with van der Waals surface area (Å²) in [6, 6.07) is 12.7. The smallest absolute Gasteiger partial charge is 0.279 e. The molecule has 0 heterocycles. The Hall–Kier alpha value is -3.06. The SMILES string of the molecule is COc1ccc(NC(=O)C[NH+](C)CC(=O)Nc2ccc(C)cc2)c(OC)c1. The van der Waals surface area contributed by atoms with Crippen molar-refractivity contribution >= 4 is 23.2 Å². The van der Waals surface area contributed by atoms with Gasteiger partial charge >= 0.3 is 0 Å². The zero-order valence-corrected chi connectivity index (χ0v) is 16.1. The number of benzene rings is 2. The maximum Gasteiger partial charge on any atom is 0.279 e. The van der Waals surface area contributed by atoms with E-state index in [1.165, 1.54) is 7.11 Å². The number of nitrogens with one attached hydrogen (secondary N) is 3. The Labute approximate surface area is 159 Å². The van der Waals surface area contributed by atoms with E-state index in [1.807, 2.05) is 31.2 Å². The highest BCUT2D eigenvalue weighted by Gasteiger charge is 2.16. The van der Waals surface area contributed by atoms with E-state index < -0.39 is 0 Å². The van der Waals surface area contributed by atoms with Gasteiger partial charge in [-0.2, -0.15) is 0 Å². The predicted molar refractivity (Wildman–Crippen MR) is 105 cm³/mol. The van der Waals surface area contributed by atoms with Gasteiger partial charge in [-0.3, -0.25) is 9.59 Å². The van der Waals surface area contributed by atoms with E-state index in [0.717, 1.165) is 16.2 Å². The van der Waals surface area contributed by atoms with Gasteiger partial charge in [0, 0.05) is 11.8 Å². The van der Waals surface area contributed by atoms with Crippen LogP contribution in [-0.4, -0.2) is 46.2 Å². The third-order valence-corrected chi connectivity index (χ3v) is 3.94. The summed E-state index contributed by atoms with van der Waals surface area (Å²) >= 11 is 0. The normalized spacial score (nSPS) is 11.4. The minimum Gasteiger partial charge on any atom is -0.497 e. The molecule has 1 atom stereocenters. The lowest BCUT2D eigenvalue weighted by molar-refractivity contribution is -0.862. The number of ether oxygens (including phenoxy) is 2.